The van der Waals surface area contributed by atoms with Crippen LogP contribution >= 0.6 is 23.4 Å². The summed E-state index contributed by atoms with van der Waals surface area (Å²) in [7, 11) is 0. The Morgan fingerprint density at radius 1 is 1.30 bits per heavy atom. The standard InChI is InChI=1S/C14H16ClN3OS/c15-12-3-1-2-10(8-12)9-20-14-18-17-13(19-14)11-4-6-16-7-5-11/h1-3,8,11,16H,4-7,9H2/p+1. The molecule has 3 rings (SSSR count). The zero-order valence-electron chi connectivity index (χ0n) is 11.1. The van der Waals surface area contributed by atoms with E-state index in [1.54, 1.807) is 11.8 Å². The average molecular weight is 311 g/mol. The molecule has 0 atom stereocenters. The van der Waals surface area contributed by atoms with Gasteiger partial charge in [0.1, 0.15) is 0 Å². The quantitative estimate of drug-likeness (QED) is 0.881. The van der Waals surface area contributed by atoms with Gasteiger partial charge in [0.15, 0.2) is 0 Å². The normalized spacial score (nSPS) is 16.4. The first kappa shape index (κ1) is 13.9. The van der Waals surface area contributed by atoms with E-state index < -0.39 is 0 Å². The van der Waals surface area contributed by atoms with Gasteiger partial charge in [0.2, 0.25) is 5.89 Å². The molecule has 1 aromatic carbocycles. The number of hydrogen-bond acceptors (Lipinski definition) is 4. The minimum absolute atomic E-state index is 0.438. The highest BCUT2D eigenvalue weighted by molar-refractivity contribution is 7.98. The predicted molar refractivity (Wildman–Crippen MR) is 78.9 cm³/mol. The molecule has 106 valence electrons. The van der Waals surface area contributed by atoms with Crippen molar-refractivity contribution in [2.24, 2.45) is 0 Å². The Labute approximate surface area is 127 Å². The molecule has 2 N–H and O–H groups in total. The van der Waals surface area contributed by atoms with E-state index in [-0.39, 0.29) is 0 Å². The lowest BCUT2D eigenvalue weighted by Crippen LogP contribution is -2.86. The third-order valence-corrected chi connectivity index (χ3v) is 4.59. The molecule has 6 heteroatoms. The van der Waals surface area contributed by atoms with Crippen molar-refractivity contribution in [3.63, 3.8) is 0 Å². The monoisotopic (exact) mass is 310 g/mol. The number of aromatic nitrogens is 2. The second-order valence-corrected chi connectivity index (χ2v) is 6.33. The molecule has 1 fully saturated rings. The Morgan fingerprint density at radius 3 is 2.95 bits per heavy atom. The minimum Gasteiger partial charge on any atom is -0.416 e. The van der Waals surface area contributed by atoms with Gasteiger partial charge in [0.25, 0.3) is 5.22 Å². The number of piperidine rings is 1. The maximum atomic E-state index is 5.97. The number of benzene rings is 1. The smallest absolute Gasteiger partial charge is 0.276 e. The molecule has 1 saturated heterocycles. The topological polar surface area (TPSA) is 55.5 Å². The Bertz CT molecular complexity index is 569. The van der Waals surface area contributed by atoms with E-state index in [0.717, 1.165) is 48.2 Å². The number of rotatable bonds is 4. The van der Waals surface area contributed by atoms with Crippen LogP contribution in [0.4, 0.5) is 0 Å². The number of hydrogen-bond donors (Lipinski definition) is 1. The molecule has 1 aliphatic rings. The van der Waals surface area contributed by atoms with Gasteiger partial charge >= 0.3 is 0 Å². The second kappa shape index (κ2) is 6.61. The summed E-state index contributed by atoms with van der Waals surface area (Å²) in [5, 5.41) is 12.1. The molecular formula is C14H17ClN3OS+. The van der Waals surface area contributed by atoms with Gasteiger partial charge in [0.05, 0.1) is 13.1 Å². The Hall–Kier alpha value is -1.04. The molecule has 0 saturated carbocycles. The van der Waals surface area contributed by atoms with E-state index in [0.29, 0.717) is 11.1 Å². The summed E-state index contributed by atoms with van der Waals surface area (Å²) in [5.41, 5.74) is 1.16. The number of nitrogens with two attached hydrogens (primary N) is 1. The van der Waals surface area contributed by atoms with Crippen molar-refractivity contribution >= 4 is 23.4 Å². The van der Waals surface area contributed by atoms with Gasteiger partial charge in [-0.2, -0.15) is 0 Å². The average Bonchev–Trinajstić information content (AvgIpc) is 2.95. The zero-order valence-corrected chi connectivity index (χ0v) is 12.7. The van der Waals surface area contributed by atoms with Crippen LogP contribution in [0.2, 0.25) is 5.02 Å². The molecular weight excluding hydrogens is 294 g/mol. The van der Waals surface area contributed by atoms with Crippen LogP contribution in [0.15, 0.2) is 33.9 Å². The van der Waals surface area contributed by atoms with E-state index in [1.807, 2.05) is 24.3 Å². The van der Waals surface area contributed by atoms with Gasteiger partial charge in [-0.25, -0.2) is 0 Å². The van der Waals surface area contributed by atoms with Crippen LogP contribution < -0.4 is 5.32 Å². The van der Waals surface area contributed by atoms with Gasteiger partial charge in [-0.05, 0) is 17.7 Å². The Balaban J connectivity index is 1.59. The van der Waals surface area contributed by atoms with Gasteiger partial charge in [-0.15, -0.1) is 10.2 Å². The van der Waals surface area contributed by atoms with E-state index in [2.05, 4.69) is 15.5 Å². The first-order chi connectivity index (χ1) is 9.81. The Kier molecular flexibility index (Phi) is 4.60. The van der Waals surface area contributed by atoms with Crippen molar-refractivity contribution in [1.82, 2.24) is 10.2 Å². The Morgan fingerprint density at radius 2 is 2.15 bits per heavy atom. The third-order valence-electron chi connectivity index (χ3n) is 3.46. The number of quaternary nitrogens is 1. The fourth-order valence-electron chi connectivity index (χ4n) is 2.39. The van der Waals surface area contributed by atoms with Crippen LogP contribution in [0.5, 0.6) is 0 Å². The molecule has 0 radical (unpaired) electrons. The van der Waals surface area contributed by atoms with E-state index in [9.17, 15) is 0 Å². The van der Waals surface area contributed by atoms with Gasteiger partial charge in [0, 0.05) is 29.5 Å². The van der Waals surface area contributed by atoms with Crippen molar-refractivity contribution in [3.8, 4) is 0 Å². The molecule has 0 unspecified atom stereocenters. The highest BCUT2D eigenvalue weighted by Crippen LogP contribution is 2.27. The van der Waals surface area contributed by atoms with E-state index in [1.165, 1.54) is 0 Å². The minimum atomic E-state index is 0.438. The zero-order chi connectivity index (χ0) is 13.8. The van der Waals surface area contributed by atoms with Crippen molar-refractivity contribution in [1.29, 1.82) is 0 Å². The molecule has 2 heterocycles. The highest BCUT2D eigenvalue weighted by Gasteiger charge is 2.23. The maximum absolute atomic E-state index is 5.97. The van der Waals surface area contributed by atoms with Crippen LogP contribution in [0.25, 0.3) is 0 Å². The predicted octanol–water partition coefficient (Wildman–Crippen LogP) is 2.46. The van der Waals surface area contributed by atoms with Crippen LogP contribution in [-0.4, -0.2) is 23.3 Å². The summed E-state index contributed by atoms with van der Waals surface area (Å²) in [6.45, 7) is 2.30. The van der Waals surface area contributed by atoms with Crippen LogP contribution in [-0.2, 0) is 5.75 Å². The molecule has 20 heavy (non-hydrogen) atoms. The van der Waals surface area contributed by atoms with Crippen LogP contribution in [0, 0.1) is 0 Å². The molecule has 0 aliphatic carbocycles. The van der Waals surface area contributed by atoms with Crippen molar-refractivity contribution in [2.45, 2.75) is 29.7 Å². The molecule has 0 amide bonds. The summed E-state index contributed by atoms with van der Waals surface area (Å²) in [4.78, 5) is 0. The van der Waals surface area contributed by atoms with Gasteiger partial charge in [-0.1, -0.05) is 35.5 Å². The third kappa shape index (κ3) is 3.53. The van der Waals surface area contributed by atoms with E-state index >= 15 is 0 Å². The summed E-state index contributed by atoms with van der Waals surface area (Å²) < 4.78 is 5.77. The lowest BCUT2D eigenvalue weighted by Gasteiger charge is -2.16. The molecule has 4 nitrogen and oxygen atoms in total. The summed E-state index contributed by atoms with van der Waals surface area (Å²) in [6, 6.07) is 7.84. The van der Waals surface area contributed by atoms with Crippen LogP contribution in [0.1, 0.15) is 30.2 Å². The summed E-state index contributed by atoms with van der Waals surface area (Å²) in [5.74, 6) is 2.03. The molecule has 1 aromatic heterocycles. The SMILES string of the molecule is Clc1cccc(CSc2nnc(C3CC[NH2+]CC3)o2)c1. The van der Waals surface area contributed by atoms with Crippen LogP contribution in [0.3, 0.4) is 0 Å². The van der Waals surface area contributed by atoms with E-state index in [4.69, 9.17) is 16.0 Å². The summed E-state index contributed by atoms with van der Waals surface area (Å²) in [6.07, 6.45) is 2.25. The first-order valence-electron chi connectivity index (χ1n) is 6.83. The molecule has 0 bridgehead atoms. The highest BCUT2D eigenvalue weighted by atomic mass is 35.5. The number of halogens is 1. The molecule has 2 aromatic rings. The van der Waals surface area contributed by atoms with Crippen molar-refractivity contribution in [3.05, 3.63) is 40.7 Å². The largest absolute Gasteiger partial charge is 0.416 e. The lowest BCUT2D eigenvalue weighted by molar-refractivity contribution is -0.663. The molecule has 0 spiro atoms. The van der Waals surface area contributed by atoms with Gasteiger partial charge < -0.3 is 9.73 Å². The number of thioether (sulfide) groups is 1. The first-order valence-corrected chi connectivity index (χ1v) is 8.20. The van der Waals surface area contributed by atoms with Gasteiger partial charge in [-0.3, -0.25) is 0 Å². The number of nitrogens with zero attached hydrogens (tertiary/aromatic N) is 2. The second-order valence-electron chi connectivity index (χ2n) is 4.97. The van der Waals surface area contributed by atoms with Crippen molar-refractivity contribution < 1.29 is 9.73 Å². The fraction of sp³-hybridized carbons (Fsp3) is 0.429. The molecule has 1 aliphatic heterocycles. The summed E-state index contributed by atoms with van der Waals surface area (Å²) >= 11 is 7.53. The lowest BCUT2D eigenvalue weighted by atomic mass is 9.98. The van der Waals surface area contributed by atoms with Crippen molar-refractivity contribution in [2.75, 3.05) is 13.1 Å². The fourth-order valence-corrected chi connectivity index (χ4v) is 3.31. The maximum Gasteiger partial charge on any atom is 0.276 e.